The molecule has 3 atom stereocenters. The molecule has 3 aromatic heterocycles. The molecule has 1 aliphatic heterocycles. The second kappa shape index (κ2) is 10.5. The number of aromatic nitrogens is 3. The number of hydrogen-bond acceptors (Lipinski definition) is 10. The Morgan fingerprint density at radius 2 is 1.83 bits per heavy atom. The highest BCUT2D eigenvalue weighted by molar-refractivity contribution is 7.92. The van der Waals surface area contributed by atoms with Gasteiger partial charge in [-0.1, -0.05) is 20.8 Å². The van der Waals surface area contributed by atoms with Gasteiger partial charge in [0.05, 0.1) is 27.5 Å². The molecule has 4 rings (SSSR count). The van der Waals surface area contributed by atoms with Crippen molar-refractivity contribution < 1.29 is 22.7 Å². The number of anilines is 2. The highest BCUT2D eigenvalue weighted by Crippen LogP contribution is 2.38. The summed E-state index contributed by atoms with van der Waals surface area (Å²) in [6.07, 6.45) is 4.84. The van der Waals surface area contributed by atoms with Crippen molar-refractivity contribution in [3.05, 3.63) is 47.4 Å². The molecule has 0 saturated carbocycles. The number of fused-ring (bicyclic) bond motifs is 2. The molecule has 0 spiro atoms. The smallest absolute Gasteiger partial charge is 0.340 e. The predicted octanol–water partition coefficient (Wildman–Crippen LogP) is 5.17. The van der Waals surface area contributed by atoms with Gasteiger partial charge in [0, 0.05) is 36.0 Å². The summed E-state index contributed by atoms with van der Waals surface area (Å²) in [5.74, 6) is 1.05. The topological polar surface area (TPSA) is 146 Å². The van der Waals surface area contributed by atoms with Crippen LogP contribution in [0.2, 0.25) is 0 Å². The summed E-state index contributed by atoms with van der Waals surface area (Å²) in [7, 11) is -3.29. The molecule has 3 aromatic rings. The third kappa shape index (κ3) is 5.88. The van der Waals surface area contributed by atoms with E-state index in [1.54, 1.807) is 38.4 Å². The Morgan fingerprint density at radius 1 is 1.15 bits per heavy atom. The van der Waals surface area contributed by atoms with Gasteiger partial charge in [-0.25, -0.2) is 28.2 Å². The van der Waals surface area contributed by atoms with Gasteiger partial charge in [0.2, 0.25) is 5.88 Å². The minimum Gasteiger partial charge on any atom is -0.474 e. The summed E-state index contributed by atoms with van der Waals surface area (Å²) in [4.78, 5) is 26.4. The zero-order chi connectivity index (χ0) is 30.5. The summed E-state index contributed by atoms with van der Waals surface area (Å²) in [5.41, 5.74) is 7.49. The highest BCUT2D eigenvalue weighted by atomic mass is 32.2. The normalized spacial score (nSPS) is 19.2. The quantitative estimate of drug-likeness (QED) is 0.323. The molecule has 222 valence electrons. The molecule has 4 heterocycles. The van der Waals surface area contributed by atoms with Crippen LogP contribution in [0.1, 0.15) is 89.8 Å². The molecular formula is C30H41N5O5S. The average molecular weight is 584 g/mol. The molecule has 1 aliphatic rings. The number of hydrogen-bond donors (Lipinski definition) is 2. The molecule has 0 aromatic carbocycles. The summed E-state index contributed by atoms with van der Waals surface area (Å²) < 4.78 is 35.2. The molecule has 11 heteroatoms. The van der Waals surface area contributed by atoms with Crippen LogP contribution in [0.3, 0.4) is 0 Å². The summed E-state index contributed by atoms with van der Waals surface area (Å²) in [6, 6.07) is 5.33. The van der Waals surface area contributed by atoms with E-state index in [1.165, 1.54) is 6.26 Å². The first-order valence-corrected chi connectivity index (χ1v) is 15.7. The van der Waals surface area contributed by atoms with E-state index in [2.05, 4.69) is 15.3 Å². The van der Waals surface area contributed by atoms with Crippen molar-refractivity contribution in [3.8, 4) is 5.88 Å². The van der Waals surface area contributed by atoms with Gasteiger partial charge in [-0.05, 0) is 70.2 Å². The zero-order valence-electron chi connectivity index (χ0n) is 25.3. The van der Waals surface area contributed by atoms with Crippen LogP contribution in [0.25, 0.3) is 10.8 Å². The molecule has 0 amide bonds. The van der Waals surface area contributed by atoms with Gasteiger partial charge in [0.15, 0.2) is 9.84 Å². The lowest BCUT2D eigenvalue weighted by Gasteiger charge is -2.36. The van der Waals surface area contributed by atoms with E-state index in [0.29, 0.717) is 47.0 Å². The van der Waals surface area contributed by atoms with E-state index < -0.39 is 31.6 Å². The Kier molecular flexibility index (Phi) is 7.85. The second-order valence-corrected chi connectivity index (χ2v) is 15.2. The molecule has 41 heavy (non-hydrogen) atoms. The number of cyclic esters (lactones) is 1. The Hall–Kier alpha value is -3.31. The number of nitrogens with zero attached hydrogens (tertiary/aromatic N) is 3. The van der Waals surface area contributed by atoms with Crippen LogP contribution in [-0.2, 0) is 25.5 Å². The van der Waals surface area contributed by atoms with E-state index in [4.69, 9.17) is 20.2 Å². The standard InChI is InChI=1S/C30H41N5O5S/c1-10-30(8,31)22-16-33-26(39-17(2)14-28(4,5)41(9,37)38)21-15-32-24(13-20(21)22)34-23-12-11-19-25(35-23)29(6,7)18(3)40-27(19)36/h11-13,15-18H,10,14,31H2,1-9H3,(H,32,34,35)/t17-,18+,30?/m0/s1. The fourth-order valence-electron chi connectivity index (χ4n) is 4.87. The van der Waals surface area contributed by atoms with Crippen molar-refractivity contribution in [2.45, 2.75) is 96.1 Å². The third-order valence-electron chi connectivity index (χ3n) is 8.46. The number of esters is 1. The lowest BCUT2D eigenvalue weighted by Crippen LogP contribution is -2.42. The zero-order valence-corrected chi connectivity index (χ0v) is 26.1. The number of carbonyl (C=O) groups is 1. The maximum Gasteiger partial charge on any atom is 0.340 e. The Balaban J connectivity index is 1.73. The predicted molar refractivity (Wildman–Crippen MR) is 160 cm³/mol. The van der Waals surface area contributed by atoms with Crippen molar-refractivity contribution >= 4 is 38.2 Å². The van der Waals surface area contributed by atoms with Crippen LogP contribution in [0.4, 0.5) is 11.6 Å². The maximum atomic E-state index is 12.4. The molecule has 0 fully saturated rings. The summed E-state index contributed by atoms with van der Waals surface area (Å²) in [5, 5.41) is 4.75. The Labute approximate surface area is 242 Å². The van der Waals surface area contributed by atoms with Crippen LogP contribution >= 0.6 is 0 Å². The lowest BCUT2D eigenvalue weighted by molar-refractivity contribution is 0.00864. The number of carbonyl (C=O) groups excluding carboxylic acids is 1. The molecular weight excluding hydrogens is 542 g/mol. The van der Waals surface area contributed by atoms with Crippen molar-refractivity contribution in [2.75, 3.05) is 11.6 Å². The van der Waals surface area contributed by atoms with E-state index in [0.717, 1.165) is 10.9 Å². The summed E-state index contributed by atoms with van der Waals surface area (Å²) >= 11 is 0. The largest absolute Gasteiger partial charge is 0.474 e. The van der Waals surface area contributed by atoms with Crippen LogP contribution in [0, 0.1) is 0 Å². The number of pyridine rings is 3. The van der Waals surface area contributed by atoms with E-state index >= 15 is 0 Å². The Bertz CT molecular complexity index is 1600. The molecule has 3 N–H and O–H groups in total. The van der Waals surface area contributed by atoms with Gasteiger partial charge < -0.3 is 20.5 Å². The highest BCUT2D eigenvalue weighted by Gasteiger charge is 2.41. The van der Waals surface area contributed by atoms with E-state index in [1.807, 2.05) is 47.6 Å². The maximum absolute atomic E-state index is 12.4. The first-order valence-electron chi connectivity index (χ1n) is 13.8. The molecule has 0 saturated heterocycles. The third-order valence-corrected chi connectivity index (χ3v) is 10.6. The monoisotopic (exact) mass is 583 g/mol. The van der Waals surface area contributed by atoms with Gasteiger partial charge in [0.25, 0.3) is 0 Å². The minimum absolute atomic E-state index is 0.292. The molecule has 0 bridgehead atoms. The van der Waals surface area contributed by atoms with Gasteiger partial charge in [0.1, 0.15) is 17.7 Å². The van der Waals surface area contributed by atoms with Crippen LogP contribution in [-0.4, -0.2) is 52.5 Å². The molecule has 10 nitrogen and oxygen atoms in total. The van der Waals surface area contributed by atoms with Gasteiger partial charge in [-0.3, -0.25) is 0 Å². The van der Waals surface area contributed by atoms with Gasteiger partial charge >= 0.3 is 5.97 Å². The number of ether oxygens (including phenoxy) is 2. The fourth-order valence-corrected chi connectivity index (χ4v) is 5.41. The second-order valence-electron chi connectivity index (χ2n) is 12.5. The van der Waals surface area contributed by atoms with Crippen molar-refractivity contribution in [3.63, 3.8) is 0 Å². The van der Waals surface area contributed by atoms with E-state index in [-0.39, 0.29) is 12.1 Å². The fraction of sp³-hybridized carbons (Fsp3) is 0.533. The summed E-state index contributed by atoms with van der Waals surface area (Å²) in [6.45, 7) is 15.0. The number of sulfone groups is 1. The van der Waals surface area contributed by atoms with Crippen molar-refractivity contribution in [1.82, 2.24) is 15.0 Å². The SMILES string of the molecule is CCC(C)(N)c1cnc(O[C@@H](C)CC(C)(C)S(C)(=O)=O)c2cnc(Nc3ccc4c(n3)C(C)(C)[C@@H](C)OC4=O)cc12. The van der Waals surface area contributed by atoms with Crippen molar-refractivity contribution in [1.29, 1.82) is 0 Å². The molecule has 1 unspecified atom stereocenters. The average Bonchev–Trinajstić information content (AvgIpc) is 2.86. The first kappa shape index (κ1) is 30.6. The first-order chi connectivity index (χ1) is 18.9. The van der Waals surface area contributed by atoms with Gasteiger partial charge in [-0.2, -0.15) is 0 Å². The van der Waals surface area contributed by atoms with Gasteiger partial charge in [-0.15, -0.1) is 0 Å². The van der Waals surface area contributed by atoms with Crippen LogP contribution < -0.4 is 15.8 Å². The molecule has 0 aliphatic carbocycles. The van der Waals surface area contributed by atoms with Crippen LogP contribution in [0.15, 0.2) is 30.6 Å². The van der Waals surface area contributed by atoms with Crippen molar-refractivity contribution in [2.24, 2.45) is 5.73 Å². The number of nitrogens with one attached hydrogen (secondary N) is 1. The Morgan fingerprint density at radius 3 is 2.46 bits per heavy atom. The van der Waals surface area contributed by atoms with Crippen LogP contribution in [0.5, 0.6) is 5.88 Å². The minimum atomic E-state index is -3.29. The molecule has 0 radical (unpaired) electrons. The number of rotatable bonds is 9. The lowest BCUT2D eigenvalue weighted by atomic mass is 9.79. The van der Waals surface area contributed by atoms with E-state index in [9.17, 15) is 13.2 Å². The number of nitrogens with two attached hydrogens (primary N) is 1.